The summed E-state index contributed by atoms with van der Waals surface area (Å²) in [7, 11) is 1.60. The Bertz CT molecular complexity index is 279. The summed E-state index contributed by atoms with van der Waals surface area (Å²) < 4.78 is 4.93. The molecule has 0 radical (unpaired) electrons. The van der Waals surface area contributed by atoms with Gasteiger partial charge < -0.3 is 15.0 Å². The first-order valence-corrected chi connectivity index (χ1v) is 6.09. The van der Waals surface area contributed by atoms with Crippen molar-refractivity contribution in [2.24, 2.45) is 11.8 Å². The molecular weight excluding hydrogens is 220 g/mol. The minimum absolute atomic E-state index is 0.00744. The number of carbonyl (C=O) groups is 2. The van der Waals surface area contributed by atoms with E-state index in [2.05, 4.69) is 5.32 Å². The molecule has 0 aromatic heterocycles. The largest absolute Gasteiger partial charge is 0.383 e. The first kappa shape index (κ1) is 14.0. The van der Waals surface area contributed by atoms with Crippen molar-refractivity contribution in [2.45, 2.75) is 20.3 Å². The Labute approximate surface area is 102 Å². The van der Waals surface area contributed by atoms with Gasteiger partial charge in [-0.1, -0.05) is 13.8 Å². The molecule has 1 rings (SSSR count). The molecule has 2 amide bonds. The van der Waals surface area contributed by atoms with Gasteiger partial charge in [0.1, 0.15) is 0 Å². The van der Waals surface area contributed by atoms with Gasteiger partial charge in [-0.25, -0.2) is 0 Å². The van der Waals surface area contributed by atoms with Crippen molar-refractivity contribution in [3.8, 4) is 0 Å². The van der Waals surface area contributed by atoms with Crippen LogP contribution in [0.25, 0.3) is 0 Å². The van der Waals surface area contributed by atoms with E-state index in [-0.39, 0.29) is 17.7 Å². The standard InChI is InChI=1S/C12H22N2O3/c1-9(2)7-13-12(16)10-6-11(15)14(8-10)4-5-17-3/h9-10H,4-8H2,1-3H3,(H,13,16). The van der Waals surface area contributed by atoms with E-state index in [1.807, 2.05) is 13.8 Å². The maximum absolute atomic E-state index is 11.8. The van der Waals surface area contributed by atoms with Crippen molar-refractivity contribution >= 4 is 11.8 Å². The molecule has 0 saturated carbocycles. The highest BCUT2D eigenvalue weighted by Gasteiger charge is 2.33. The first-order valence-electron chi connectivity index (χ1n) is 6.09. The summed E-state index contributed by atoms with van der Waals surface area (Å²) in [5, 5.41) is 2.87. The SMILES string of the molecule is COCCN1CC(C(=O)NCC(C)C)CC1=O. The van der Waals surface area contributed by atoms with Crippen LogP contribution in [0.4, 0.5) is 0 Å². The molecule has 1 aliphatic heterocycles. The summed E-state index contributed by atoms with van der Waals surface area (Å²) >= 11 is 0. The van der Waals surface area contributed by atoms with Crippen LogP contribution in [0.5, 0.6) is 0 Å². The van der Waals surface area contributed by atoms with Crippen LogP contribution in [0, 0.1) is 11.8 Å². The molecule has 0 aromatic rings. The third kappa shape index (κ3) is 4.34. The van der Waals surface area contributed by atoms with E-state index in [0.717, 1.165) is 0 Å². The molecule has 5 nitrogen and oxygen atoms in total. The fourth-order valence-electron chi connectivity index (χ4n) is 1.81. The van der Waals surface area contributed by atoms with E-state index in [1.54, 1.807) is 12.0 Å². The van der Waals surface area contributed by atoms with Crippen molar-refractivity contribution in [2.75, 3.05) is 33.4 Å². The lowest BCUT2D eigenvalue weighted by atomic mass is 10.1. The molecule has 17 heavy (non-hydrogen) atoms. The minimum atomic E-state index is -0.196. The molecule has 0 aliphatic carbocycles. The van der Waals surface area contributed by atoms with E-state index in [0.29, 0.717) is 38.6 Å². The van der Waals surface area contributed by atoms with Crippen molar-refractivity contribution in [3.63, 3.8) is 0 Å². The molecule has 1 atom stereocenters. The van der Waals surface area contributed by atoms with Crippen LogP contribution in [-0.4, -0.2) is 50.1 Å². The predicted molar refractivity (Wildman–Crippen MR) is 64.4 cm³/mol. The number of rotatable bonds is 6. The second kappa shape index (κ2) is 6.59. The zero-order valence-corrected chi connectivity index (χ0v) is 10.9. The fourth-order valence-corrected chi connectivity index (χ4v) is 1.81. The normalized spacial score (nSPS) is 20.1. The van der Waals surface area contributed by atoms with E-state index < -0.39 is 0 Å². The van der Waals surface area contributed by atoms with Crippen LogP contribution in [-0.2, 0) is 14.3 Å². The zero-order valence-electron chi connectivity index (χ0n) is 10.9. The van der Waals surface area contributed by atoms with Crippen LogP contribution in [0.15, 0.2) is 0 Å². The van der Waals surface area contributed by atoms with Gasteiger partial charge in [0.15, 0.2) is 0 Å². The average Bonchev–Trinajstić information content (AvgIpc) is 2.65. The minimum Gasteiger partial charge on any atom is -0.383 e. The first-order chi connectivity index (χ1) is 8.04. The lowest BCUT2D eigenvalue weighted by Crippen LogP contribution is -2.35. The second-order valence-corrected chi connectivity index (χ2v) is 4.87. The highest BCUT2D eigenvalue weighted by atomic mass is 16.5. The monoisotopic (exact) mass is 242 g/mol. The molecule has 1 fully saturated rings. The zero-order chi connectivity index (χ0) is 12.8. The van der Waals surface area contributed by atoms with E-state index in [1.165, 1.54) is 0 Å². The maximum Gasteiger partial charge on any atom is 0.225 e. The van der Waals surface area contributed by atoms with E-state index in [9.17, 15) is 9.59 Å². The number of methoxy groups -OCH3 is 1. The summed E-state index contributed by atoms with van der Waals surface area (Å²) in [6.07, 6.45) is 0.327. The molecule has 0 aromatic carbocycles. The number of nitrogens with zero attached hydrogens (tertiary/aromatic N) is 1. The second-order valence-electron chi connectivity index (χ2n) is 4.87. The van der Waals surface area contributed by atoms with Crippen molar-refractivity contribution in [1.82, 2.24) is 10.2 Å². The number of hydrogen-bond acceptors (Lipinski definition) is 3. The van der Waals surface area contributed by atoms with Gasteiger partial charge in [-0.05, 0) is 5.92 Å². The lowest BCUT2D eigenvalue weighted by Gasteiger charge is -2.16. The summed E-state index contributed by atoms with van der Waals surface area (Å²) in [5.74, 6) is 0.275. The summed E-state index contributed by atoms with van der Waals surface area (Å²) in [4.78, 5) is 25.1. The van der Waals surface area contributed by atoms with E-state index >= 15 is 0 Å². The Morgan fingerprint density at radius 1 is 1.59 bits per heavy atom. The highest BCUT2D eigenvalue weighted by molar-refractivity contribution is 5.89. The molecule has 0 bridgehead atoms. The third-order valence-corrected chi connectivity index (χ3v) is 2.84. The van der Waals surface area contributed by atoms with Gasteiger partial charge >= 0.3 is 0 Å². The van der Waals surface area contributed by atoms with Gasteiger partial charge in [0, 0.05) is 33.2 Å². The molecule has 98 valence electrons. The number of amides is 2. The van der Waals surface area contributed by atoms with Gasteiger partial charge in [-0.3, -0.25) is 9.59 Å². The van der Waals surface area contributed by atoms with Crippen molar-refractivity contribution in [1.29, 1.82) is 0 Å². The topological polar surface area (TPSA) is 58.6 Å². The summed E-state index contributed by atoms with van der Waals surface area (Å²) in [6, 6.07) is 0. The third-order valence-electron chi connectivity index (χ3n) is 2.84. The van der Waals surface area contributed by atoms with Crippen LogP contribution in [0.2, 0.25) is 0 Å². The molecule has 0 spiro atoms. The predicted octanol–water partition coefficient (Wildman–Crippen LogP) is 0.254. The van der Waals surface area contributed by atoms with Crippen LogP contribution in [0.1, 0.15) is 20.3 Å². The molecule has 1 heterocycles. The maximum atomic E-state index is 11.8. The molecule has 1 aliphatic rings. The molecule has 1 saturated heterocycles. The Kier molecular flexibility index (Phi) is 5.41. The quantitative estimate of drug-likeness (QED) is 0.726. The van der Waals surface area contributed by atoms with Gasteiger partial charge in [-0.15, -0.1) is 0 Å². The number of likely N-dealkylation sites (tertiary alicyclic amines) is 1. The van der Waals surface area contributed by atoms with Gasteiger partial charge in [0.05, 0.1) is 12.5 Å². The number of hydrogen-bond donors (Lipinski definition) is 1. The van der Waals surface area contributed by atoms with Gasteiger partial charge in [0.2, 0.25) is 11.8 Å². The average molecular weight is 242 g/mol. The number of ether oxygens (including phenoxy) is 1. The van der Waals surface area contributed by atoms with Gasteiger partial charge in [-0.2, -0.15) is 0 Å². The van der Waals surface area contributed by atoms with Crippen LogP contribution in [0.3, 0.4) is 0 Å². The van der Waals surface area contributed by atoms with Crippen LogP contribution >= 0.6 is 0 Å². The Morgan fingerprint density at radius 3 is 2.88 bits per heavy atom. The van der Waals surface area contributed by atoms with E-state index in [4.69, 9.17) is 4.74 Å². The van der Waals surface area contributed by atoms with Crippen molar-refractivity contribution in [3.05, 3.63) is 0 Å². The van der Waals surface area contributed by atoms with Crippen molar-refractivity contribution < 1.29 is 14.3 Å². The lowest BCUT2D eigenvalue weighted by molar-refractivity contribution is -0.129. The van der Waals surface area contributed by atoms with Crippen LogP contribution < -0.4 is 5.32 Å². The molecule has 1 N–H and O–H groups in total. The fraction of sp³-hybridized carbons (Fsp3) is 0.833. The Balaban J connectivity index is 2.37. The van der Waals surface area contributed by atoms with Gasteiger partial charge in [0.25, 0.3) is 0 Å². The highest BCUT2D eigenvalue weighted by Crippen LogP contribution is 2.17. The smallest absolute Gasteiger partial charge is 0.225 e. The Morgan fingerprint density at radius 2 is 2.29 bits per heavy atom. The number of carbonyl (C=O) groups excluding carboxylic acids is 2. The summed E-state index contributed by atoms with van der Waals surface area (Å²) in [5.41, 5.74) is 0. The molecular formula is C12H22N2O3. The molecule has 5 heteroatoms. The summed E-state index contributed by atoms with van der Waals surface area (Å²) in [6.45, 7) is 6.37. The number of nitrogens with one attached hydrogen (secondary N) is 1. The Hall–Kier alpha value is -1.10. The molecule has 1 unspecified atom stereocenters.